The number of nitrogens with one attached hydrogen (secondary N) is 1. The van der Waals surface area contributed by atoms with Gasteiger partial charge in [0.25, 0.3) is 5.91 Å². The molecule has 0 radical (unpaired) electrons. The normalized spacial score (nSPS) is 15.8. The number of benzene rings is 2. The lowest BCUT2D eigenvalue weighted by atomic mass is 9.88. The number of ether oxygens (including phenoxy) is 1. The van der Waals surface area contributed by atoms with Crippen LogP contribution in [-0.4, -0.2) is 23.1 Å². The maximum atomic E-state index is 12.6. The fraction of sp³-hybridized carbons (Fsp3) is 0.304. The third-order valence-corrected chi connectivity index (χ3v) is 5.39. The van der Waals surface area contributed by atoms with E-state index in [1.54, 1.807) is 6.20 Å². The number of rotatable bonds is 5. The molecule has 0 fully saturated rings. The van der Waals surface area contributed by atoms with Crippen molar-refractivity contribution >= 4 is 22.8 Å². The molecule has 5 nitrogen and oxygen atoms in total. The molecule has 1 aliphatic carbocycles. The molecule has 0 saturated heterocycles. The maximum absolute atomic E-state index is 12.6. The molecule has 28 heavy (non-hydrogen) atoms. The highest BCUT2D eigenvalue weighted by molar-refractivity contribution is 6.04. The summed E-state index contributed by atoms with van der Waals surface area (Å²) in [7, 11) is 0. The van der Waals surface area contributed by atoms with E-state index in [0.717, 1.165) is 36.7 Å². The molecule has 2 aromatic carbocycles. The molecule has 1 atom stereocenters. The molecule has 1 heterocycles. The van der Waals surface area contributed by atoms with Gasteiger partial charge in [-0.05, 0) is 43.4 Å². The van der Waals surface area contributed by atoms with Crippen LogP contribution in [0.4, 0.5) is 0 Å². The highest BCUT2D eigenvalue weighted by Crippen LogP contribution is 2.29. The van der Waals surface area contributed by atoms with E-state index in [4.69, 9.17) is 4.74 Å². The second kappa shape index (κ2) is 7.89. The van der Waals surface area contributed by atoms with Gasteiger partial charge in [-0.25, -0.2) is 4.79 Å². The predicted octanol–water partition coefficient (Wildman–Crippen LogP) is 4.01. The molecule has 0 aliphatic heterocycles. The number of esters is 1. The second-order valence-corrected chi connectivity index (χ2v) is 7.13. The van der Waals surface area contributed by atoms with Gasteiger partial charge in [-0.1, -0.05) is 42.5 Å². The van der Waals surface area contributed by atoms with Crippen molar-refractivity contribution in [3.05, 3.63) is 71.4 Å². The van der Waals surface area contributed by atoms with Crippen molar-refractivity contribution in [2.75, 3.05) is 6.61 Å². The molecule has 1 unspecified atom stereocenters. The Kier molecular flexibility index (Phi) is 5.15. The second-order valence-electron chi connectivity index (χ2n) is 7.13. The van der Waals surface area contributed by atoms with Gasteiger partial charge in [0, 0.05) is 23.6 Å². The Bertz CT molecular complexity index is 1020. The first kappa shape index (κ1) is 18.3. The van der Waals surface area contributed by atoms with E-state index in [2.05, 4.69) is 17.4 Å². The lowest BCUT2D eigenvalue weighted by Gasteiger charge is -2.26. The van der Waals surface area contributed by atoms with E-state index >= 15 is 0 Å². The van der Waals surface area contributed by atoms with Crippen LogP contribution in [0.1, 0.15) is 47.3 Å². The van der Waals surface area contributed by atoms with Crippen molar-refractivity contribution in [2.45, 2.75) is 38.8 Å². The first-order chi connectivity index (χ1) is 13.7. The van der Waals surface area contributed by atoms with Crippen LogP contribution in [0.5, 0.6) is 0 Å². The van der Waals surface area contributed by atoms with Crippen LogP contribution in [0, 0.1) is 0 Å². The highest BCUT2D eigenvalue weighted by atomic mass is 16.5. The molecular weight excluding hydrogens is 352 g/mol. The molecule has 1 amide bonds. The number of aromatic nitrogens is 1. The summed E-state index contributed by atoms with van der Waals surface area (Å²) in [6.45, 7) is 2.51. The van der Waals surface area contributed by atoms with Crippen molar-refractivity contribution in [1.82, 2.24) is 9.88 Å². The van der Waals surface area contributed by atoms with Gasteiger partial charge in [0.2, 0.25) is 0 Å². The van der Waals surface area contributed by atoms with Crippen molar-refractivity contribution in [3.63, 3.8) is 0 Å². The molecule has 0 bridgehead atoms. The largest absolute Gasteiger partial charge is 0.452 e. The first-order valence-corrected chi connectivity index (χ1v) is 9.79. The van der Waals surface area contributed by atoms with Gasteiger partial charge in [0.15, 0.2) is 6.61 Å². The molecule has 1 N–H and O–H groups in total. The number of fused-ring (bicyclic) bond motifs is 2. The minimum Gasteiger partial charge on any atom is -0.452 e. The molecule has 4 rings (SSSR count). The van der Waals surface area contributed by atoms with Crippen molar-refractivity contribution in [3.8, 4) is 0 Å². The molecule has 5 heteroatoms. The third kappa shape index (κ3) is 3.52. The highest BCUT2D eigenvalue weighted by Gasteiger charge is 2.22. The van der Waals surface area contributed by atoms with E-state index in [0.29, 0.717) is 5.56 Å². The molecule has 1 aromatic heterocycles. The van der Waals surface area contributed by atoms with Crippen LogP contribution in [0.2, 0.25) is 0 Å². The number of nitrogens with zero attached hydrogens (tertiary/aromatic N) is 1. The number of para-hydroxylation sites is 1. The number of hydrogen-bond acceptors (Lipinski definition) is 3. The van der Waals surface area contributed by atoms with Crippen LogP contribution < -0.4 is 5.32 Å². The van der Waals surface area contributed by atoms with Crippen LogP contribution in [0.3, 0.4) is 0 Å². The fourth-order valence-corrected chi connectivity index (χ4v) is 4.02. The quantitative estimate of drug-likeness (QED) is 0.685. The van der Waals surface area contributed by atoms with E-state index < -0.39 is 5.97 Å². The van der Waals surface area contributed by atoms with E-state index in [1.165, 1.54) is 11.1 Å². The SMILES string of the molecule is CCn1cc(C(=O)OCC(=O)NC2CCCc3ccccc32)c2ccccc21. The van der Waals surface area contributed by atoms with Crippen molar-refractivity contribution in [2.24, 2.45) is 0 Å². The predicted molar refractivity (Wildman–Crippen MR) is 108 cm³/mol. The van der Waals surface area contributed by atoms with Gasteiger partial charge < -0.3 is 14.6 Å². The Hall–Kier alpha value is -3.08. The van der Waals surface area contributed by atoms with Crippen molar-refractivity contribution < 1.29 is 14.3 Å². The summed E-state index contributed by atoms with van der Waals surface area (Å²) in [6, 6.07) is 15.9. The van der Waals surface area contributed by atoms with Gasteiger partial charge in [-0.15, -0.1) is 0 Å². The Morgan fingerprint density at radius 2 is 1.93 bits per heavy atom. The van der Waals surface area contributed by atoms with Crippen molar-refractivity contribution in [1.29, 1.82) is 0 Å². The molecule has 144 valence electrons. The minimum absolute atomic E-state index is 0.0156. The molecule has 0 spiro atoms. The van der Waals surface area contributed by atoms with Gasteiger partial charge in [0.05, 0.1) is 11.6 Å². The van der Waals surface area contributed by atoms with E-state index in [-0.39, 0.29) is 18.6 Å². The van der Waals surface area contributed by atoms with Gasteiger partial charge in [-0.2, -0.15) is 0 Å². The van der Waals surface area contributed by atoms with Crippen LogP contribution in [-0.2, 0) is 22.5 Å². The smallest absolute Gasteiger partial charge is 0.340 e. The lowest BCUT2D eigenvalue weighted by Crippen LogP contribution is -2.34. The van der Waals surface area contributed by atoms with Gasteiger partial charge in [0.1, 0.15) is 0 Å². The minimum atomic E-state index is -0.470. The fourth-order valence-electron chi connectivity index (χ4n) is 4.02. The van der Waals surface area contributed by atoms with E-state index in [1.807, 2.05) is 47.9 Å². The zero-order valence-corrected chi connectivity index (χ0v) is 16.0. The standard InChI is InChI=1S/C23H24N2O3/c1-2-25-14-19(18-11-5-6-13-21(18)25)23(27)28-15-22(26)24-20-12-7-9-16-8-3-4-10-17(16)20/h3-6,8,10-11,13-14,20H,2,7,9,12,15H2,1H3,(H,24,26). The number of carbonyl (C=O) groups excluding carboxylic acids is 2. The topological polar surface area (TPSA) is 60.3 Å². The Morgan fingerprint density at radius 1 is 1.14 bits per heavy atom. The van der Waals surface area contributed by atoms with Crippen LogP contribution in [0.15, 0.2) is 54.7 Å². The van der Waals surface area contributed by atoms with Gasteiger partial charge >= 0.3 is 5.97 Å². The van der Waals surface area contributed by atoms with E-state index in [9.17, 15) is 9.59 Å². The van der Waals surface area contributed by atoms with Crippen LogP contribution in [0.25, 0.3) is 10.9 Å². The Morgan fingerprint density at radius 3 is 2.79 bits per heavy atom. The number of carbonyl (C=O) groups is 2. The van der Waals surface area contributed by atoms with Gasteiger partial charge in [-0.3, -0.25) is 4.79 Å². The Labute approximate surface area is 164 Å². The van der Waals surface area contributed by atoms with Crippen LogP contribution >= 0.6 is 0 Å². The monoisotopic (exact) mass is 376 g/mol. The summed E-state index contributed by atoms with van der Waals surface area (Å²) >= 11 is 0. The third-order valence-electron chi connectivity index (χ3n) is 5.39. The zero-order chi connectivity index (χ0) is 19.5. The summed E-state index contributed by atoms with van der Waals surface area (Å²) in [4.78, 5) is 25.0. The zero-order valence-electron chi connectivity index (χ0n) is 16.0. The summed E-state index contributed by atoms with van der Waals surface area (Å²) in [6.07, 6.45) is 4.78. The molecule has 0 saturated carbocycles. The number of aryl methyl sites for hydroxylation is 2. The first-order valence-electron chi connectivity index (χ1n) is 9.79. The lowest BCUT2D eigenvalue weighted by molar-refractivity contribution is -0.125. The summed E-state index contributed by atoms with van der Waals surface area (Å²) in [5.74, 6) is -0.739. The maximum Gasteiger partial charge on any atom is 0.340 e. The average Bonchev–Trinajstić information content (AvgIpc) is 3.11. The summed E-state index contributed by atoms with van der Waals surface area (Å²) < 4.78 is 7.33. The molecule has 1 aliphatic rings. The number of amides is 1. The molecule has 3 aromatic rings. The molecular formula is C23H24N2O3. The number of hydrogen-bond donors (Lipinski definition) is 1. The summed E-state index contributed by atoms with van der Waals surface area (Å²) in [5.41, 5.74) is 3.93. The summed E-state index contributed by atoms with van der Waals surface area (Å²) in [5, 5.41) is 3.86. The Balaban J connectivity index is 1.41. The average molecular weight is 376 g/mol.